The number of nitrogens with one attached hydrogen (secondary N) is 1. The Labute approximate surface area is 204 Å². The number of aromatic nitrogens is 6. The summed E-state index contributed by atoms with van der Waals surface area (Å²) >= 11 is 6.35. The highest BCUT2D eigenvalue weighted by atomic mass is 35.5. The predicted molar refractivity (Wildman–Crippen MR) is 126 cm³/mol. The van der Waals surface area contributed by atoms with Crippen LogP contribution in [0.15, 0.2) is 42.7 Å². The van der Waals surface area contributed by atoms with Gasteiger partial charge in [0.1, 0.15) is 22.9 Å². The standard InChI is InChI=1S/C23H23ClF3N7O/c1-13(2)34-20(16(24)11-29-34)17-9-18(22(35-4)32-31-17)28-10-14-5-7-15(8-6-14)21-30-19(12-33(21)3)23(25,26)27/h5-9,11-13H,10H2,1-4H3,(H,28,31). The number of rotatable bonds is 7. The number of ether oxygens (including phenoxy) is 1. The zero-order valence-corrected chi connectivity index (χ0v) is 20.2. The minimum absolute atomic E-state index is 0.0715. The molecule has 0 amide bonds. The lowest BCUT2D eigenvalue weighted by atomic mass is 10.1. The minimum Gasteiger partial charge on any atom is -0.478 e. The first-order valence-corrected chi connectivity index (χ1v) is 11.0. The van der Waals surface area contributed by atoms with Crippen molar-refractivity contribution in [1.29, 1.82) is 0 Å². The summed E-state index contributed by atoms with van der Waals surface area (Å²) in [6.07, 6.45) is -1.95. The van der Waals surface area contributed by atoms with Crippen LogP contribution >= 0.6 is 11.6 Å². The maximum absolute atomic E-state index is 13.0. The average Bonchev–Trinajstić information content (AvgIpc) is 3.40. The van der Waals surface area contributed by atoms with E-state index < -0.39 is 11.9 Å². The van der Waals surface area contributed by atoms with Gasteiger partial charge in [-0.1, -0.05) is 35.9 Å². The number of alkyl halides is 3. The van der Waals surface area contributed by atoms with E-state index in [4.69, 9.17) is 16.3 Å². The molecule has 4 aromatic rings. The second kappa shape index (κ2) is 9.57. The number of anilines is 1. The Morgan fingerprint density at radius 1 is 1.14 bits per heavy atom. The van der Waals surface area contributed by atoms with Gasteiger partial charge in [0.2, 0.25) is 0 Å². The molecule has 4 rings (SSSR count). The van der Waals surface area contributed by atoms with Gasteiger partial charge in [0.05, 0.1) is 18.3 Å². The van der Waals surface area contributed by atoms with Crippen LogP contribution in [-0.2, 0) is 19.8 Å². The van der Waals surface area contributed by atoms with Gasteiger partial charge >= 0.3 is 6.18 Å². The topological polar surface area (TPSA) is 82.7 Å². The van der Waals surface area contributed by atoms with Gasteiger partial charge in [-0.05, 0) is 25.5 Å². The van der Waals surface area contributed by atoms with E-state index in [9.17, 15) is 13.2 Å². The van der Waals surface area contributed by atoms with E-state index in [2.05, 4.69) is 25.6 Å². The molecule has 0 aliphatic carbocycles. The largest absolute Gasteiger partial charge is 0.478 e. The molecule has 0 saturated carbocycles. The first-order valence-electron chi connectivity index (χ1n) is 10.7. The van der Waals surface area contributed by atoms with Crippen LogP contribution in [0, 0.1) is 0 Å². The van der Waals surface area contributed by atoms with Crippen LogP contribution in [0.1, 0.15) is 31.1 Å². The Kier molecular flexibility index (Phi) is 6.70. The molecule has 0 unspecified atom stereocenters. The molecule has 0 fully saturated rings. The lowest BCUT2D eigenvalue weighted by Crippen LogP contribution is -2.08. The molecule has 1 N–H and O–H groups in total. The van der Waals surface area contributed by atoms with E-state index in [1.807, 2.05) is 26.0 Å². The fourth-order valence-corrected chi connectivity index (χ4v) is 3.81. The zero-order chi connectivity index (χ0) is 25.3. The molecule has 3 aromatic heterocycles. The Morgan fingerprint density at radius 2 is 1.86 bits per heavy atom. The Morgan fingerprint density at radius 3 is 2.46 bits per heavy atom. The highest BCUT2D eigenvalue weighted by molar-refractivity contribution is 6.32. The monoisotopic (exact) mass is 505 g/mol. The summed E-state index contributed by atoms with van der Waals surface area (Å²) in [7, 11) is 3.03. The van der Waals surface area contributed by atoms with Crippen molar-refractivity contribution < 1.29 is 17.9 Å². The molecular weight excluding hydrogens is 483 g/mol. The van der Waals surface area contributed by atoms with Crippen LogP contribution in [0.25, 0.3) is 22.8 Å². The summed E-state index contributed by atoms with van der Waals surface area (Å²) in [5.41, 5.74) is 2.34. The van der Waals surface area contributed by atoms with Crippen molar-refractivity contribution >= 4 is 17.3 Å². The fraction of sp³-hybridized carbons (Fsp3) is 0.304. The predicted octanol–water partition coefficient (Wildman–Crippen LogP) is 5.61. The summed E-state index contributed by atoms with van der Waals surface area (Å²) in [5.74, 6) is 0.546. The number of hydrogen-bond donors (Lipinski definition) is 1. The van der Waals surface area contributed by atoms with E-state index in [1.54, 1.807) is 29.1 Å². The molecule has 184 valence electrons. The molecule has 0 atom stereocenters. The van der Waals surface area contributed by atoms with Gasteiger partial charge in [0, 0.05) is 31.4 Å². The highest BCUT2D eigenvalue weighted by Crippen LogP contribution is 2.33. The van der Waals surface area contributed by atoms with E-state index >= 15 is 0 Å². The van der Waals surface area contributed by atoms with Crippen LogP contribution in [0.3, 0.4) is 0 Å². The van der Waals surface area contributed by atoms with Crippen molar-refractivity contribution in [2.24, 2.45) is 7.05 Å². The van der Waals surface area contributed by atoms with Gasteiger partial charge < -0.3 is 14.6 Å². The third kappa shape index (κ3) is 5.09. The van der Waals surface area contributed by atoms with Crippen molar-refractivity contribution in [2.45, 2.75) is 32.6 Å². The minimum atomic E-state index is -4.49. The first-order chi connectivity index (χ1) is 16.6. The summed E-state index contributed by atoms with van der Waals surface area (Å²) in [5, 5.41) is 16.4. The number of aryl methyl sites for hydroxylation is 1. The van der Waals surface area contributed by atoms with Crippen LogP contribution in [0.5, 0.6) is 5.88 Å². The molecule has 0 aliphatic heterocycles. The maximum Gasteiger partial charge on any atom is 0.434 e. The van der Waals surface area contributed by atoms with E-state index in [0.717, 1.165) is 11.8 Å². The number of nitrogens with zero attached hydrogens (tertiary/aromatic N) is 6. The number of imidazole rings is 1. The summed E-state index contributed by atoms with van der Waals surface area (Å²) in [6, 6.07) is 8.95. The maximum atomic E-state index is 13.0. The normalized spacial score (nSPS) is 11.8. The van der Waals surface area contributed by atoms with E-state index in [1.165, 1.54) is 18.7 Å². The SMILES string of the molecule is COc1nnc(-c2c(Cl)cnn2C(C)C)cc1NCc1ccc(-c2nc(C(F)(F)F)cn2C)cc1. The molecule has 0 aliphatic rings. The van der Waals surface area contributed by atoms with Crippen LogP contribution in [-0.4, -0.2) is 36.6 Å². The van der Waals surface area contributed by atoms with Crippen LogP contribution in [0.4, 0.5) is 18.9 Å². The van der Waals surface area contributed by atoms with Gasteiger partial charge in [0.15, 0.2) is 5.69 Å². The molecular formula is C23H23ClF3N7O. The van der Waals surface area contributed by atoms with Crippen molar-refractivity contribution in [3.63, 3.8) is 0 Å². The van der Waals surface area contributed by atoms with Crippen molar-refractivity contribution in [3.05, 3.63) is 59.0 Å². The van der Waals surface area contributed by atoms with Gasteiger partial charge in [-0.2, -0.15) is 18.3 Å². The molecule has 0 bridgehead atoms. The quantitative estimate of drug-likeness (QED) is 0.351. The van der Waals surface area contributed by atoms with Crippen molar-refractivity contribution in [2.75, 3.05) is 12.4 Å². The zero-order valence-electron chi connectivity index (χ0n) is 19.4. The van der Waals surface area contributed by atoms with Gasteiger partial charge in [-0.3, -0.25) is 4.68 Å². The molecule has 0 spiro atoms. The highest BCUT2D eigenvalue weighted by Gasteiger charge is 2.34. The Bertz CT molecular complexity index is 1330. The molecule has 8 nitrogen and oxygen atoms in total. The van der Waals surface area contributed by atoms with Gasteiger partial charge in [0.25, 0.3) is 5.88 Å². The molecule has 0 saturated heterocycles. The first kappa shape index (κ1) is 24.5. The fourth-order valence-electron chi connectivity index (χ4n) is 3.59. The average molecular weight is 506 g/mol. The molecule has 35 heavy (non-hydrogen) atoms. The summed E-state index contributed by atoms with van der Waals surface area (Å²) in [4.78, 5) is 3.73. The summed E-state index contributed by atoms with van der Waals surface area (Å²) < 4.78 is 47.4. The van der Waals surface area contributed by atoms with Crippen molar-refractivity contribution in [1.82, 2.24) is 29.5 Å². The number of benzene rings is 1. The van der Waals surface area contributed by atoms with Crippen LogP contribution < -0.4 is 10.1 Å². The smallest absolute Gasteiger partial charge is 0.434 e. The number of methoxy groups -OCH3 is 1. The second-order valence-electron chi connectivity index (χ2n) is 8.14. The van der Waals surface area contributed by atoms with Crippen molar-refractivity contribution in [3.8, 4) is 28.7 Å². The molecule has 3 heterocycles. The van der Waals surface area contributed by atoms with Gasteiger partial charge in [-0.15, -0.1) is 10.2 Å². The van der Waals surface area contributed by atoms with E-state index in [0.29, 0.717) is 40.1 Å². The second-order valence-corrected chi connectivity index (χ2v) is 8.55. The lowest BCUT2D eigenvalue weighted by molar-refractivity contribution is -0.140. The molecule has 0 radical (unpaired) electrons. The lowest BCUT2D eigenvalue weighted by Gasteiger charge is -2.14. The summed E-state index contributed by atoms with van der Waals surface area (Å²) in [6.45, 7) is 4.39. The molecule has 1 aromatic carbocycles. The Balaban J connectivity index is 1.55. The number of halogens is 4. The third-order valence-corrected chi connectivity index (χ3v) is 5.57. The van der Waals surface area contributed by atoms with E-state index in [-0.39, 0.29) is 11.9 Å². The van der Waals surface area contributed by atoms with Gasteiger partial charge in [-0.25, -0.2) is 4.98 Å². The third-order valence-electron chi connectivity index (χ3n) is 5.30. The molecule has 12 heteroatoms. The Hall–Kier alpha value is -3.60. The van der Waals surface area contributed by atoms with Crippen LogP contribution in [0.2, 0.25) is 5.02 Å². The number of hydrogen-bond acceptors (Lipinski definition) is 6.